The zero-order valence-electron chi connectivity index (χ0n) is 17.2. The van der Waals surface area contributed by atoms with Crippen LogP contribution in [0.4, 0.5) is 0 Å². The number of hydrazone groups is 1. The van der Waals surface area contributed by atoms with Crippen molar-refractivity contribution in [2.75, 3.05) is 6.61 Å². The van der Waals surface area contributed by atoms with Crippen LogP contribution < -0.4 is 14.9 Å². The van der Waals surface area contributed by atoms with Crippen LogP contribution in [0.1, 0.15) is 22.3 Å². The molecule has 0 saturated heterocycles. The molecule has 0 aliphatic rings. The molecule has 31 heavy (non-hydrogen) atoms. The number of carbonyl (C=O) groups excluding carboxylic acids is 1. The lowest BCUT2D eigenvalue weighted by molar-refractivity contribution is -0.123. The van der Waals surface area contributed by atoms with Crippen molar-refractivity contribution in [1.29, 1.82) is 0 Å². The summed E-state index contributed by atoms with van der Waals surface area (Å²) >= 11 is 12.1. The molecule has 3 rings (SSSR count). The third-order valence-corrected chi connectivity index (χ3v) is 5.05. The lowest BCUT2D eigenvalue weighted by Crippen LogP contribution is -2.25. The fourth-order valence-corrected chi connectivity index (χ4v) is 3.35. The summed E-state index contributed by atoms with van der Waals surface area (Å²) in [6.45, 7) is 4.02. The average molecular weight is 457 g/mol. The minimum absolute atomic E-state index is 0.129. The van der Waals surface area contributed by atoms with Gasteiger partial charge in [-0.05, 0) is 49.2 Å². The predicted octanol–water partition coefficient (Wildman–Crippen LogP) is 5.72. The molecule has 0 bridgehead atoms. The van der Waals surface area contributed by atoms with Crippen molar-refractivity contribution in [2.45, 2.75) is 20.5 Å². The van der Waals surface area contributed by atoms with E-state index in [2.05, 4.69) is 10.5 Å². The van der Waals surface area contributed by atoms with Gasteiger partial charge in [-0.2, -0.15) is 5.10 Å². The van der Waals surface area contributed by atoms with Gasteiger partial charge in [-0.15, -0.1) is 0 Å². The Labute approximate surface area is 191 Å². The van der Waals surface area contributed by atoms with E-state index in [1.54, 1.807) is 12.1 Å². The summed E-state index contributed by atoms with van der Waals surface area (Å²) < 4.78 is 11.5. The van der Waals surface area contributed by atoms with Gasteiger partial charge in [-0.1, -0.05) is 59.6 Å². The van der Waals surface area contributed by atoms with E-state index in [9.17, 15) is 4.79 Å². The number of aryl methyl sites for hydroxylation is 2. The van der Waals surface area contributed by atoms with Crippen molar-refractivity contribution < 1.29 is 14.3 Å². The molecule has 0 radical (unpaired) electrons. The molecule has 0 aliphatic carbocycles. The number of rotatable bonds is 8. The highest BCUT2D eigenvalue weighted by atomic mass is 35.5. The van der Waals surface area contributed by atoms with E-state index in [4.69, 9.17) is 32.7 Å². The maximum Gasteiger partial charge on any atom is 0.277 e. The van der Waals surface area contributed by atoms with Crippen LogP contribution in [0.15, 0.2) is 65.8 Å². The van der Waals surface area contributed by atoms with Crippen LogP contribution in [0, 0.1) is 13.8 Å². The number of halogens is 2. The van der Waals surface area contributed by atoms with Crippen molar-refractivity contribution in [2.24, 2.45) is 5.10 Å². The van der Waals surface area contributed by atoms with Crippen LogP contribution in [-0.4, -0.2) is 18.7 Å². The van der Waals surface area contributed by atoms with E-state index in [1.807, 2.05) is 62.4 Å². The van der Waals surface area contributed by atoms with Crippen molar-refractivity contribution in [3.63, 3.8) is 0 Å². The van der Waals surface area contributed by atoms with Gasteiger partial charge in [0.1, 0.15) is 18.1 Å². The average Bonchev–Trinajstić information content (AvgIpc) is 2.73. The van der Waals surface area contributed by atoms with E-state index in [0.29, 0.717) is 27.1 Å². The molecule has 160 valence electrons. The molecule has 0 heterocycles. The van der Waals surface area contributed by atoms with Crippen LogP contribution >= 0.6 is 23.2 Å². The third kappa shape index (κ3) is 6.48. The molecule has 0 atom stereocenters. The lowest BCUT2D eigenvalue weighted by Gasteiger charge is -2.11. The second kappa shape index (κ2) is 10.8. The molecule has 0 saturated carbocycles. The van der Waals surface area contributed by atoms with Crippen LogP contribution in [0.3, 0.4) is 0 Å². The molecule has 0 aliphatic heterocycles. The van der Waals surface area contributed by atoms with E-state index in [1.165, 1.54) is 6.21 Å². The SMILES string of the molecule is Cc1cccc(C)c1OCC(=O)N/N=C\c1ccccc1OCc1ccc(Cl)cc1Cl. The Kier molecular flexibility index (Phi) is 7.93. The molecule has 0 unspecified atom stereocenters. The molecule has 0 fully saturated rings. The first-order chi connectivity index (χ1) is 14.9. The summed E-state index contributed by atoms with van der Waals surface area (Å²) in [6.07, 6.45) is 1.52. The minimum Gasteiger partial charge on any atom is -0.488 e. The molecule has 5 nitrogen and oxygen atoms in total. The Balaban J connectivity index is 1.56. The number of hydrogen-bond donors (Lipinski definition) is 1. The Morgan fingerprint density at radius 2 is 1.74 bits per heavy atom. The zero-order valence-corrected chi connectivity index (χ0v) is 18.7. The van der Waals surface area contributed by atoms with Gasteiger partial charge in [0.05, 0.1) is 6.21 Å². The van der Waals surface area contributed by atoms with Gasteiger partial charge in [-0.3, -0.25) is 4.79 Å². The summed E-state index contributed by atoms with van der Waals surface area (Å²) in [4.78, 5) is 12.1. The largest absolute Gasteiger partial charge is 0.488 e. The van der Waals surface area contributed by atoms with E-state index < -0.39 is 0 Å². The first kappa shape index (κ1) is 22.7. The fraction of sp³-hybridized carbons (Fsp3) is 0.167. The van der Waals surface area contributed by atoms with Gasteiger partial charge in [0.2, 0.25) is 0 Å². The molecule has 0 aromatic heterocycles. The maximum absolute atomic E-state index is 12.1. The third-order valence-electron chi connectivity index (χ3n) is 4.47. The monoisotopic (exact) mass is 456 g/mol. The van der Waals surface area contributed by atoms with Gasteiger partial charge in [-0.25, -0.2) is 5.43 Å². The second-order valence-corrected chi connectivity index (χ2v) is 7.71. The molecular formula is C24H22Cl2N2O3. The van der Waals surface area contributed by atoms with Gasteiger partial charge < -0.3 is 9.47 Å². The molecule has 3 aromatic carbocycles. The summed E-state index contributed by atoms with van der Waals surface area (Å²) in [6, 6.07) is 18.4. The summed E-state index contributed by atoms with van der Waals surface area (Å²) in [5.41, 5.74) is 5.95. The maximum atomic E-state index is 12.1. The highest BCUT2D eigenvalue weighted by Crippen LogP contribution is 2.24. The second-order valence-electron chi connectivity index (χ2n) is 6.87. The first-order valence-corrected chi connectivity index (χ1v) is 10.4. The van der Waals surface area contributed by atoms with Crippen molar-refractivity contribution in [3.05, 3.63) is 93.0 Å². The number of amides is 1. The van der Waals surface area contributed by atoms with Gasteiger partial charge >= 0.3 is 0 Å². The smallest absolute Gasteiger partial charge is 0.277 e. The highest BCUT2D eigenvalue weighted by Gasteiger charge is 2.08. The van der Waals surface area contributed by atoms with Crippen LogP contribution in [-0.2, 0) is 11.4 Å². The van der Waals surface area contributed by atoms with E-state index in [-0.39, 0.29) is 19.1 Å². The number of benzene rings is 3. The van der Waals surface area contributed by atoms with Crippen LogP contribution in [0.5, 0.6) is 11.5 Å². The topological polar surface area (TPSA) is 59.9 Å². The quantitative estimate of drug-likeness (QED) is 0.348. The van der Waals surface area contributed by atoms with E-state index in [0.717, 1.165) is 16.7 Å². The molecule has 1 N–H and O–H groups in total. The van der Waals surface area contributed by atoms with Crippen LogP contribution in [0.25, 0.3) is 0 Å². The summed E-state index contributed by atoms with van der Waals surface area (Å²) in [5.74, 6) is 0.963. The first-order valence-electron chi connectivity index (χ1n) is 9.60. The predicted molar refractivity (Wildman–Crippen MR) is 124 cm³/mol. The lowest BCUT2D eigenvalue weighted by atomic mass is 10.1. The molecular weight excluding hydrogens is 435 g/mol. The number of para-hydroxylation sites is 2. The molecule has 0 spiro atoms. The number of hydrogen-bond acceptors (Lipinski definition) is 4. The number of nitrogens with one attached hydrogen (secondary N) is 1. The Morgan fingerprint density at radius 1 is 1.00 bits per heavy atom. The van der Waals surface area contributed by atoms with Crippen molar-refractivity contribution in [1.82, 2.24) is 5.43 Å². The summed E-state index contributed by atoms with van der Waals surface area (Å²) in [7, 11) is 0. The van der Waals surface area contributed by atoms with Gasteiger partial charge in [0.25, 0.3) is 5.91 Å². The van der Waals surface area contributed by atoms with Gasteiger partial charge in [0, 0.05) is 21.2 Å². The number of ether oxygens (including phenoxy) is 2. The minimum atomic E-state index is -0.356. The van der Waals surface area contributed by atoms with E-state index >= 15 is 0 Å². The Morgan fingerprint density at radius 3 is 2.48 bits per heavy atom. The Hall–Kier alpha value is -3.02. The van der Waals surface area contributed by atoms with Crippen molar-refractivity contribution in [3.8, 4) is 11.5 Å². The van der Waals surface area contributed by atoms with Crippen molar-refractivity contribution >= 4 is 35.3 Å². The fourth-order valence-electron chi connectivity index (χ4n) is 2.88. The van der Waals surface area contributed by atoms with Crippen LogP contribution in [0.2, 0.25) is 10.0 Å². The number of carbonyl (C=O) groups is 1. The standard InChI is InChI=1S/C24H22Cl2N2O3/c1-16-6-5-7-17(2)24(16)31-15-23(29)28-27-13-18-8-3-4-9-22(18)30-14-19-10-11-20(25)12-21(19)26/h3-13H,14-15H2,1-2H3,(H,28,29)/b27-13-. The molecule has 1 amide bonds. The normalized spacial score (nSPS) is 10.8. The Bertz CT molecular complexity index is 1080. The number of nitrogens with zero attached hydrogens (tertiary/aromatic N) is 1. The highest BCUT2D eigenvalue weighted by molar-refractivity contribution is 6.35. The zero-order chi connectivity index (χ0) is 22.2. The summed E-state index contributed by atoms with van der Waals surface area (Å²) in [5, 5.41) is 5.12. The molecule has 7 heteroatoms. The van der Waals surface area contributed by atoms with Gasteiger partial charge in [0.15, 0.2) is 6.61 Å². The molecule has 3 aromatic rings.